The van der Waals surface area contributed by atoms with Crippen LogP contribution in [0.5, 0.6) is 0 Å². The van der Waals surface area contributed by atoms with Crippen LogP contribution in [0, 0.1) is 0 Å². The molecule has 3 aromatic rings. The van der Waals surface area contributed by atoms with Crippen LogP contribution in [0.1, 0.15) is 32.6 Å². The minimum Gasteiger partial charge on any atom is -0.446 e. The Morgan fingerprint density at radius 2 is 2.03 bits per heavy atom. The predicted molar refractivity (Wildman–Crippen MR) is 121 cm³/mol. The van der Waals surface area contributed by atoms with Gasteiger partial charge in [-0.25, -0.2) is 20.2 Å². The zero-order chi connectivity index (χ0) is 21.6. The molecule has 2 heterocycles. The van der Waals surface area contributed by atoms with Crippen LogP contribution in [0.25, 0.3) is 5.65 Å². The van der Waals surface area contributed by atoms with Gasteiger partial charge in [-0.15, -0.1) is 0 Å². The topological polar surface area (TPSA) is 105 Å². The summed E-state index contributed by atoms with van der Waals surface area (Å²) in [5, 5.41) is 3.57. The van der Waals surface area contributed by atoms with Gasteiger partial charge >= 0.3 is 6.09 Å². The summed E-state index contributed by atoms with van der Waals surface area (Å²) in [7, 11) is 1.78. The third-order valence-corrected chi connectivity index (χ3v) is 5.75. The number of aliphatic imine (C=N–C) groups is 1. The fourth-order valence-corrected chi connectivity index (χ4v) is 4.21. The summed E-state index contributed by atoms with van der Waals surface area (Å²) in [4.78, 5) is 26.6. The number of amides is 1. The van der Waals surface area contributed by atoms with E-state index < -0.39 is 6.09 Å². The molecule has 0 atom stereocenters. The number of ether oxygens (including phenoxy) is 1. The van der Waals surface area contributed by atoms with Crippen molar-refractivity contribution >= 4 is 41.0 Å². The molecule has 1 saturated carbocycles. The van der Waals surface area contributed by atoms with Gasteiger partial charge in [-0.1, -0.05) is 11.8 Å². The van der Waals surface area contributed by atoms with Crippen molar-refractivity contribution in [1.82, 2.24) is 25.2 Å². The first-order chi connectivity index (χ1) is 15.1. The minimum absolute atomic E-state index is 0.0438. The molecule has 162 valence electrons. The van der Waals surface area contributed by atoms with E-state index in [2.05, 4.69) is 31.1 Å². The number of aromatic nitrogens is 3. The molecule has 1 fully saturated rings. The van der Waals surface area contributed by atoms with Crippen LogP contribution in [0.15, 0.2) is 57.6 Å². The summed E-state index contributed by atoms with van der Waals surface area (Å²) in [5.74, 6) is 1.22. The van der Waals surface area contributed by atoms with E-state index in [0.29, 0.717) is 17.5 Å². The number of rotatable bonds is 6. The van der Waals surface area contributed by atoms with Gasteiger partial charge in [0.25, 0.3) is 0 Å². The highest BCUT2D eigenvalue weighted by Crippen LogP contribution is 2.30. The number of hydrogen-bond donors (Lipinski definition) is 3. The molecular formula is C21H25N7O2S. The van der Waals surface area contributed by atoms with Gasteiger partial charge in [-0.05, 0) is 56.9 Å². The third-order valence-electron chi connectivity index (χ3n) is 4.82. The number of benzene rings is 1. The lowest BCUT2D eigenvalue weighted by Gasteiger charge is -2.12. The SMILES string of the molecule is CNN/C(C)=N/c1nc(Sc2ccc(NC(=O)OC3CCCC3)cc2)cc2nccn12. The van der Waals surface area contributed by atoms with Gasteiger partial charge in [0.05, 0.1) is 0 Å². The average molecular weight is 440 g/mol. The molecule has 0 bridgehead atoms. The molecular weight excluding hydrogens is 414 g/mol. The lowest BCUT2D eigenvalue weighted by Crippen LogP contribution is -2.32. The molecule has 0 spiro atoms. The number of hydrogen-bond acceptors (Lipinski definition) is 7. The van der Waals surface area contributed by atoms with Gasteiger partial charge in [0.2, 0.25) is 5.95 Å². The Kier molecular flexibility index (Phi) is 6.68. The van der Waals surface area contributed by atoms with E-state index in [1.165, 1.54) is 11.8 Å². The van der Waals surface area contributed by atoms with Crippen molar-refractivity contribution in [1.29, 1.82) is 0 Å². The number of imidazole rings is 1. The highest BCUT2D eigenvalue weighted by molar-refractivity contribution is 7.99. The molecule has 9 nitrogen and oxygen atoms in total. The predicted octanol–water partition coefficient (Wildman–Crippen LogP) is 4.15. The molecule has 0 aliphatic heterocycles. The van der Waals surface area contributed by atoms with Crippen LogP contribution < -0.4 is 16.2 Å². The third kappa shape index (κ3) is 5.53. The number of carbonyl (C=O) groups is 1. The van der Waals surface area contributed by atoms with E-state index in [1.54, 1.807) is 13.2 Å². The van der Waals surface area contributed by atoms with Crippen molar-refractivity contribution in [3.63, 3.8) is 0 Å². The minimum atomic E-state index is -0.397. The largest absolute Gasteiger partial charge is 0.446 e. The molecule has 0 saturated heterocycles. The van der Waals surface area contributed by atoms with Gasteiger partial charge in [0.15, 0.2) is 0 Å². The van der Waals surface area contributed by atoms with Gasteiger partial charge in [0, 0.05) is 36.1 Å². The molecule has 0 radical (unpaired) electrons. The summed E-state index contributed by atoms with van der Waals surface area (Å²) in [6, 6.07) is 9.49. The van der Waals surface area contributed by atoms with Crippen LogP contribution in [0.4, 0.5) is 16.4 Å². The van der Waals surface area contributed by atoms with Gasteiger partial charge in [0.1, 0.15) is 22.6 Å². The Bertz CT molecular complexity index is 1080. The maximum atomic E-state index is 12.0. The molecule has 31 heavy (non-hydrogen) atoms. The maximum absolute atomic E-state index is 12.0. The number of fused-ring (bicyclic) bond motifs is 1. The standard InChI is InChI=1S/C21H25N7O2S/c1-14(27-22-2)24-20-26-19(13-18-23-11-12-28(18)20)31-17-9-7-15(8-10-17)25-21(29)30-16-5-3-4-6-16/h7-13,16,22H,3-6H2,1-2H3,(H,25,29)(H,24,26,27). The van der Waals surface area contributed by atoms with Crippen LogP contribution >= 0.6 is 11.8 Å². The van der Waals surface area contributed by atoms with Crippen molar-refractivity contribution in [3.8, 4) is 0 Å². The fourth-order valence-electron chi connectivity index (χ4n) is 3.41. The van der Waals surface area contributed by atoms with Crippen LogP contribution in [-0.4, -0.2) is 39.4 Å². The zero-order valence-electron chi connectivity index (χ0n) is 17.5. The first-order valence-electron chi connectivity index (χ1n) is 10.2. The van der Waals surface area contributed by atoms with Crippen LogP contribution in [-0.2, 0) is 4.74 Å². The molecule has 3 N–H and O–H groups in total. The van der Waals surface area contributed by atoms with Gasteiger partial charge in [-0.3, -0.25) is 9.72 Å². The molecule has 1 aliphatic carbocycles. The van der Waals surface area contributed by atoms with E-state index in [1.807, 2.05) is 47.9 Å². The van der Waals surface area contributed by atoms with Crippen molar-refractivity contribution in [2.45, 2.75) is 48.6 Å². The number of anilines is 1. The summed E-state index contributed by atoms with van der Waals surface area (Å²) in [6.07, 6.45) is 7.35. The number of amidine groups is 1. The Hall–Kier alpha value is -3.11. The molecule has 1 aliphatic rings. The molecule has 0 unspecified atom stereocenters. The normalized spacial score (nSPS) is 14.7. The molecule has 10 heteroatoms. The fraction of sp³-hybridized carbons (Fsp3) is 0.333. The zero-order valence-corrected chi connectivity index (χ0v) is 18.3. The van der Waals surface area contributed by atoms with Gasteiger partial charge < -0.3 is 10.2 Å². The Morgan fingerprint density at radius 3 is 2.77 bits per heavy atom. The van der Waals surface area contributed by atoms with Crippen molar-refractivity contribution in [2.75, 3.05) is 12.4 Å². The van der Waals surface area contributed by atoms with E-state index in [4.69, 9.17) is 4.74 Å². The van der Waals surface area contributed by atoms with Crippen LogP contribution in [0.3, 0.4) is 0 Å². The monoisotopic (exact) mass is 439 g/mol. The number of nitrogens with zero attached hydrogens (tertiary/aromatic N) is 4. The highest BCUT2D eigenvalue weighted by atomic mass is 32.2. The molecule has 1 aromatic carbocycles. The number of hydrazine groups is 1. The Morgan fingerprint density at radius 1 is 1.26 bits per heavy atom. The summed E-state index contributed by atoms with van der Waals surface area (Å²) < 4.78 is 7.27. The van der Waals surface area contributed by atoms with Crippen molar-refractivity contribution in [3.05, 3.63) is 42.7 Å². The maximum Gasteiger partial charge on any atom is 0.411 e. The lowest BCUT2D eigenvalue weighted by atomic mass is 10.3. The van der Waals surface area contributed by atoms with E-state index in [9.17, 15) is 4.79 Å². The first-order valence-corrected chi connectivity index (χ1v) is 11.0. The number of nitrogens with one attached hydrogen (secondary N) is 3. The van der Waals surface area contributed by atoms with E-state index in [-0.39, 0.29) is 6.10 Å². The van der Waals surface area contributed by atoms with Crippen molar-refractivity contribution < 1.29 is 9.53 Å². The van der Waals surface area contributed by atoms with Crippen molar-refractivity contribution in [2.24, 2.45) is 4.99 Å². The lowest BCUT2D eigenvalue weighted by molar-refractivity contribution is 0.114. The van der Waals surface area contributed by atoms with E-state index >= 15 is 0 Å². The highest BCUT2D eigenvalue weighted by Gasteiger charge is 2.19. The molecule has 1 amide bonds. The Labute approximate surface area is 184 Å². The quantitative estimate of drug-likeness (QED) is 0.229. The first kappa shape index (κ1) is 21.1. The average Bonchev–Trinajstić information content (AvgIpc) is 3.41. The number of carbonyl (C=O) groups excluding carboxylic acids is 1. The van der Waals surface area contributed by atoms with Gasteiger partial charge in [-0.2, -0.15) is 4.99 Å². The summed E-state index contributed by atoms with van der Waals surface area (Å²) >= 11 is 1.50. The second-order valence-corrected chi connectivity index (χ2v) is 8.28. The smallest absolute Gasteiger partial charge is 0.411 e. The van der Waals surface area contributed by atoms with E-state index in [0.717, 1.165) is 41.3 Å². The molecule has 4 rings (SSSR count). The van der Waals surface area contributed by atoms with Crippen LogP contribution in [0.2, 0.25) is 0 Å². The second-order valence-electron chi connectivity index (χ2n) is 7.19. The second kappa shape index (κ2) is 9.80. The molecule has 2 aromatic heterocycles. The summed E-state index contributed by atoms with van der Waals surface area (Å²) in [6.45, 7) is 1.85. The summed E-state index contributed by atoms with van der Waals surface area (Å²) in [5.41, 5.74) is 7.25. The Balaban J connectivity index is 1.45.